The number of carbonyl (C=O) groups excluding carboxylic acids is 1. The highest BCUT2D eigenvalue weighted by atomic mass is 19.4. The minimum Gasteiger partial charge on any atom is -0.468 e. The van der Waals surface area contributed by atoms with E-state index in [-0.39, 0.29) is 18.9 Å². The van der Waals surface area contributed by atoms with Gasteiger partial charge in [-0.25, -0.2) is 0 Å². The van der Waals surface area contributed by atoms with Gasteiger partial charge >= 0.3 is 12.1 Å². The van der Waals surface area contributed by atoms with Gasteiger partial charge in [-0.2, -0.15) is 13.2 Å². The van der Waals surface area contributed by atoms with Gasteiger partial charge in [0, 0.05) is 12.5 Å². The number of methoxy groups -OCH3 is 1. The van der Waals surface area contributed by atoms with Crippen LogP contribution in [0.1, 0.15) is 39.0 Å². The molecule has 1 fully saturated rings. The lowest BCUT2D eigenvalue weighted by molar-refractivity contribution is -0.150. The van der Waals surface area contributed by atoms with Crippen LogP contribution < -0.4 is 5.32 Å². The Kier molecular flexibility index (Phi) is 4.41. The fraction of sp³-hybridized carbons (Fsp3) is 0.909. The van der Waals surface area contributed by atoms with E-state index < -0.39 is 24.1 Å². The Balaban J connectivity index is 2.47. The number of rotatable bonds is 6. The number of hydrogen-bond donors (Lipinski definition) is 1. The lowest BCUT2D eigenvalue weighted by atomic mass is 9.94. The van der Waals surface area contributed by atoms with Crippen LogP contribution in [0, 0.1) is 0 Å². The van der Waals surface area contributed by atoms with E-state index in [2.05, 4.69) is 10.1 Å². The van der Waals surface area contributed by atoms with Crippen LogP contribution in [-0.2, 0) is 9.53 Å². The van der Waals surface area contributed by atoms with E-state index in [1.165, 1.54) is 7.11 Å². The first-order valence-electron chi connectivity index (χ1n) is 5.70. The molecule has 0 saturated heterocycles. The normalized spacial score (nSPS) is 19.8. The molecular weight excluding hydrogens is 235 g/mol. The van der Waals surface area contributed by atoms with Gasteiger partial charge in [0.15, 0.2) is 0 Å². The lowest BCUT2D eigenvalue weighted by Crippen LogP contribution is -2.51. The van der Waals surface area contributed by atoms with Gasteiger partial charge in [-0.05, 0) is 32.6 Å². The first-order valence-corrected chi connectivity index (χ1v) is 5.70. The number of carbonyl (C=O) groups is 1. The molecule has 100 valence electrons. The van der Waals surface area contributed by atoms with Crippen molar-refractivity contribution in [2.45, 2.75) is 56.8 Å². The maximum absolute atomic E-state index is 12.1. The molecule has 1 aliphatic rings. The van der Waals surface area contributed by atoms with Crippen molar-refractivity contribution in [1.82, 2.24) is 5.32 Å². The van der Waals surface area contributed by atoms with Crippen molar-refractivity contribution >= 4 is 5.97 Å². The first-order chi connectivity index (χ1) is 7.77. The molecule has 0 aromatic carbocycles. The van der Waals surface area contributed by atoms with Gasteiger partial charge in [0.05, 0.1) is 7.11 Å². The molecule has 1 atom stereocenters. The molecule has 3 nitrogen and oxygen atoms in total. The number of hydrogen-bond acceptors (Lipinski definition) is 3. The Morgan fingerprint density at radius 3 is 2.35 bits per heavy atom. The molecule has 0 spiro atoms. The molecule has 0 bridgehead atoms. The SMILES string of the molecule is COC(=O)C(C)(CCCC(F)(F)F)NC1CC1. The minimum absolute atomic E-state index is 0.0746. The van der Waals surface area contributed by atoms with Crippen LogP contribution in [0.5, 0.6) is 0 Å². The summed E-state index contributed by atoms with van der Waals surface area (Å²) in [6.45, 7) is 1.60. The molecule has 0 aromatic rings. The summed E-state index contributed by atoms with van der Waals surface area (Å²) >= 11 is 0. The van der Waals surface area contributed by atoms with Crippen LogP contribution in [0.15, 0.2) is 0 Å². The predicted molar refractivity (Wildman–Crippen MR) is 56.5 cm³/mol. The summed E-state index contributed by atoms with van der Waals surface area (Å²) in [4.78, 5) is 11.6. The average Bonchev–Trinajstić information content (AvgIpc) is 2.98. The Morgan fingerprint density at radius 2 is 1.94 bits per heavy atom. The molecule has 1 N–H and O–H groups in total. The predicted octanol–water partition coefficient (Wildman–Crippen LogP) is 2.40. The van der Waals surface area contributed by atoms with Gasteiger partial charge in [-0.15, -0.1) is 0 Å². The second-order valence-electron chi connectivity index (χ2n) is 4.71. The lowest BCUT2D eigenvalue weighted by Gasteiger charge is -2.28. The molecule has 1 saturated carbocycles. The van der Waals surface area contributed by atoms with E-state index in [0.29, 0.717) is 0 Å². The summed E-state index contributed by atoms with van der Waals surface area (Å²) in [6.07, 6.45) is -3.05. The minimum atomic E-state index is -4.17. The van der Waals surface area contributed by atoms with Crippen LogP contribution >= 0.6 is 0 Å². The number of halogens is 3. The van der Waals surface area contributed by atoms with Gasteiger partial charge in [0.25, 0.3) is 0 Å². The maximum Gasteiger partial charge on any atom is 0.389 e. The Morgan fingerprint density at radius 1 is 1.35 bits per heavy atom. The molecule has 0 radical (unpaired) electrons. The first kappa shape index (κ1) is 14.3. The highest BCUT2D eigenvalue weighted by Gasteiger charge is 2.40. The number of esters is 1. The molecule has 17 heavy (non-hydrogen) atoms. The zero-order chi connectivity index (χ0) is 13.1. The molecule has 0 aromatic heterocycles. The summed E-state index contributed by atoms with van der Waals surface area (Å²) in [5.41, 5.74) is -0.999. The number of ether oxygens (including phenoxy) is 1. The second kappa shape index (κ2) is 5.25. The third-order valence-electron chi connectivity index (χ3n) is 2.87. The highest BCUT2D eigenvalue weighted by Crippen LogP contribution is 2.28. The third kappa shape index (κ3) is 4.93. The van der Waals surface area contributed by atoms with E-state index in [0.717, 1.165) is 12.8 Å². The summed E-state index contributed by atoms with van der Waals surface area (Å²) in [5.74, 6) is -0.494. The number of nitrogens with one attached hydrogen (secondary N) is 1. The average molecular weight is 253 g/mol. The summed E-state index contributed by atoms with van der Waals surface area (Å²) in [7, 11) is 1.25. The van der Waals surface area contributed by atoms with E-state index >= 15 is 0 Å². The highest BCUT2D eigenvalue weighted by molar-refractivity contribution is 5.80. The van der Waals surface area contributed by atoms with Crippen LogP contribution in [0.4, 0.5) is 13.2 Å². The van der Waals surface area contributed by atoms with E-state index in [1.807, 2.05) is 0 Å². The van der Waals surface area contributed by atoms with Crippen molar-refractivity contribution in [3.05, 3.63) is 0 Å². The topological polar surface area (TPSA) is 38.3 Å². The Bertz CT molecular complexity index is 276. The Hall–Kier alpha value is -0.780. The molecule has 1 unspecified atom stereocenters. The van der Waals surface area contributed by atoms with E-state index in [4.69, 9.17) is 0 Å². The zero-order valence-electron chi connectivity index (χ0n) is 10.1. The smallest absolute Gasteiger partial charge is 0.389 e. The van der Waals surface area contributed by atoms with Gasteiger partial charge in [-0.3, -0.25) is 10.1 Å². The van der Waals surface area contributed by atoms with Crippen LogP contribution in [0.25, 0.3) is 0 Å². The molecule has 0 heterocycles. The van der Waals surface area contributed by atoms with Crippen molar-refractivity contribution in [2.75, 3.05) is 7.11 Å². The van der Waals surface area contributed by atoms with Crippen LogP contribution in [-0.4, -0.2) is 30.8 Å². The van der Waals surface area contributed by atoms with Gasteiger partial charge in [0.1, 0.15) is 5.54 Å². The van der Waals surface area contributed by atoms with Crippen molar-refractivity contribution < 1.29 is 22.7 Å². The largest absolute Gasteiger partial charge is 0.468 e. The van der Waals surface area contributed by atoms with Crippen molar-refractivity contribution in [3.63, 3.8) is 0 Å². The second-order valence-corrected chi connectivity index (χ2v) is 4.71. The van der Waals surface area contributed by atoms with E-state index in [9.17, 15) is 18.0 Å². The maximum atomic E-state index is 12.1. The fourth-order valence-electron chi connectivity index (χ4n) is 1.78. The molecular formula is C11H18F3NO2. The summed E-state index contributed by atoms with van der Waals surface area (Å²) in [5, 5.41) is 3.06. The summed E-state index contributed by atoms with van der Waals surface area (Å²) < 4.78 is 40.8. The molecule has 6 heteroatoms. The van der Waals surface area contributed by atoms with Crippen LogP contribution in [0.2, 0.25) is 0 Å². The third-order valence-corrected chi connectivity index (χ3v) is 2.87. The van der Waals surface area contributed by atoms with Gasteiger partial charge < -0.3 is 4.74 Å². The molecule has 0 amide bonds. The fourth-order valence-corrected chi connectivity index (χ4v) is 1.78. The zero-order valence-corrected chi connectivity index (χ0v) is 10.1. The quantitative estimate of drug-likeness (QED) is 0.739. The van der Waals surface area contributed by atoms with Gasteiger partial charge in [0.2, 0.25) is 0 Å². The molecule has 0 aliphatic heterocycles. The number of alkyl halides is 3. The Labute approximate surface area is 98.7 Å². The van der Waals surface area contributed by atoms with Crippen LogP contribution in [0.3, 0.4) is 0 Å². The van der Waals surface area contributed by atoms with E-state index in [1.54, 1.807) is 6.92 Å². The standard InChI is InChI=1S/C11H18F3NO2/c1-10(9(16)17-2,15-8-4-5-8)6-3-7-11(12,13)14/h8,15H,3-7H2,1-2H3. The van der Waals surface area contributed by atoms with Crippen molar-refractivity contribution in [1.29, 1.82) is 0 Å². The van der Waals surface area contributed by atoms with Gasteiger partial charge in [-0.1, -0.05) is 0 Å². The van der Waals surface area contributed by atoms with Crippen molar-refractivity contribution in [3.8, 4) is 0 Å². The summed E-state index contributed by atoms with van der Waals surface area (Å²) in [6, 6.07) is 0.241. The van der Waals surface area contributed by atoms with Crippen molar-refractivity contribution in [2.24, 2.45) is 0 Å². The molecule has 1 rings (SSSR count). The molecule has 1 aliphatic carbocycles. The monoisotopic (exact) mass is 253 g/mol.